The van der Waals surface area contributed by atoms with E-state index in [4.69, 9.17) is 10.5 Å². The summed E-state index contributed by atoms with van der Waals surface area (Å²) >= 11 is 0. The van der Waals surface area contributed by atoms with Crippen LogP contribution in [-0.2, 0) is 4.74 Å². The maximum atomic E-state index is 5.48. The molecule has 0 spiro atoms. The van der Waals surface area contributed by atoms with Gasteiger partial charge in [0.15, 0.2) is 0 Å². The Bertz CT molecular complexity index is 102. The van der Waals surface area contributed by atoms with E-state index in [1.807, 2.05) is 0 Å². The second kappa shape index (κ2) is 6.31. The molecule has 2 unspecified atom stereocenters. The van der Waals surface area contributed by atoms with Crippen molar-refractivity contribution >= 4 is 6.72 Å². The molecule has 0 aromatic heterocycles. The van der Waals surface area contributed by atoms with E-state index in [0.717, 1.165) is 12.8 Å². The van der Waals surface area contributed by atoms with E-state index in [-0.39, 0.29) is 12.1 Å². The minimum absolute atomic E-state index is 0.0347. The van der Waals surface area contributed by atoms with Crippen LogP contribution in [0.4, 0.5) is 0 Å². The molecule has 0 radical (unpaired) electrons. The molecule has 0 amide bonds. The van der Waals surface area contributed by atoms with Crippen LogP contribution < -0.4 is 5.73 Å². The highest BCUT2D eigenvalue weighted by Gasteiger charge is 2.16. The van der Waals surface area contributed by atoms with Crippen molar-refractivity contribution in [2.75, 3.05) is 13.7 Å². The number of nitrogens with zero attached hydrogens (tertiary/aromatic N) is 1. The Morgan fingerprint density at radius 1 is 1.64 bits per heavy atom. The van der Waals surface area contributed by atoms with Crippen molar-refractivity contribution in [3.63, 3.8) is 0 Å². The van der Waals surface area contributed by atoms with Crippen molar-refractivity contribution in [1.82, 2.24) is 0 Å². The number of hydrogen-bond acceptors (Lipinski definition) is 3. The summed E-state index contributed by atoms with van der Waals surface area (Å²) in [6.45, 7) is 6.14. The molecule has 0 aliphatic heterocycles. The number of hydrogen-bond donors (Lipinski definition) is 1. The number of nitrogens with two attached hydrogens (primary N) is 1. The first-order valence-electron chi connectivity index (χ1n) is 3.98. The summed E-state index contributed by atoms with van der Waals surface area (Å²) in [6, 6.07) is 0.162. The Morgan fingerprint density at radius 3 is 2.55 bits per heavy atom. The Kier molecular flexibility index (Phi) is 6.07. The molecule has 0 saturated carbocycles. The van der Waals surface area contributed by atoms with Crippen LogP contribution in [0.2, 0.25) is 0 Å². The quantitative estimate of drug-likeness (QED) is 0.582. The fourth-order valence-corrected chi connectivity index (χ4v) is 1.10. The van der Waals surface area contributed by atoms with E-state index in [0.29, 0.717) is 6.54 Å². The van der Waals surface area contributed by atoms with E-state index in [1.54, 1.807) is 7.11 Å². The van der Waals surface area contributed by atoms with Crippen molar-refractivity contribution in [1.29, 1.82) is 0 Å². The first kappa shape index (κ1) is 10.6. The van der Waals surface area contributed by atoms with E-state index in [1.165, 1.54) is 0 Å². The summed E-state index contributed by atoms with van der Waals surface area (Å²) in [5.74, 6) is 0. The monoisotopic (exact) mass is 158 g/mol. The van der Waals surface area contributed by atoms with Crippen LogP contribution in [0, 0.1) is 0 Å². The SMILES string of the molecule is C=NC(CCC)C(CN)OC. The molecular formula is C8H18N2O. The maximum Gasteiger partial charge on any atom is 0.0916 e. The van der Waals surface area contributed by atoms with Gasteiger partial charge in [-0.3, -0.25) is 4.99 Å². The molecular weight excluding hydrogens is 140 g/mol. The predicted octanol–water partition coefficient (Wildman–Crippen LogP) is 0.829. The minimum atomic E-state index is 0.0347. The standard InChI is InChI=1S/C8H18N2O/c1-4-5-7(10-2)8(6-9)11-3/h7-8H,2,4-6,9H2,1,3H3. The van der Waals surface area contributed by atoms with Gasteiger partial charge in [0.2, 0.25) is 0 Å². The van der Waals surface area contributed by atoms with Crippen molar-refractivity contribution < 1.29 is 4.74 Å². The molecule has 0 heterocycles. The third-order valence-electron chi connectivity index (χ3n) is 1.78. The van der Waals surface area contributed by atoms with Gasteiger partial charge in [0.1, 0.15) is 0 Å². The highest BCUT2D eigenvalue weighted by atomic mass is 16.5. The van der Waals surface area contributed by atoms with Crippen LogP contribution in [0.15, 0.2) is 4.99 Å². The average molecular weight is 158 g/mol. The summed E-state index contributed by atoms with van der Waals surface area (Å²) in [6.07, 6.45) is 2.12. The Balaban J connectivity index is 3.86. The lowest BCUT2D eigenvalue weighted by Crippen LogP contribution is -2.33. The largest absolute Gasteiger partial charge is 0.378 e. The Labute approximate surface area is 68.6 Å². The van der Waals surface area contributed by atoms with Crippen LogP contribution in [0.3, 0.4) is 0 Å². The van der Waals surface area contributed by atoms with Crippen LogP contribution in [-0.4, -0.2) is 32.5 Å². The summed E-state index contributed by atoms with van der Waals surface area (Å²) < 4.78 is 5.15. The molecule has 3 heteroatoms. The number of ether oxygens (including phenoxy) is 1. The molecule has 66 valence electrons. The molecule has 0 bridgehead atoms. The number of methoxy groups -OCH3 is 1. The normalized spacial score (nSPS) is 15.9. The molecule has 0 aromatic carbocycles. The van der Waals surface area contributed by atoms with Gasteiger partial charge in [-0.15, -0.1) is 0 Å². The van der Waals surface area contributed by atoms with Crippen molar-refractivity contribution in [3.8, 4) is 0 Å². The second-order valence-corrected chi connectivity index (χ2v) is 2.55. The molecule has 0 fully saturated rings. The van der Waals surface area contributed by atoms with Gasteiger partial charge in [-0.1, -0.05) is 13.3 Å². The summed E-state index contributed by atoms with van der Waals surface area (Å²) in [7, 11) is 1.66. The predicted molar refractivity (Wildman–Crippen MR) is 48.1 cm³/mol. The minimum Gasteiger partial charge on any atom is -0.378 e. The number of aliphatic imine (C=N–C) groups is 1. The first-order chi connectivity index (χ1) is 5.29. The van der Waals surface area contributed by atoms with Gasteiger partial charge < -0.3 is 10.5 Å². The summed E-state index contributed by atoms with van der Waals surface area (Å²) in [5, 5.41) is 0. The third-order valence-corrected chi connectivity index (χ3v) is 1.78. The zero-order valence-corrected chi connectivity index (χ0v) is 7.42. The molecule has 0 rings (SSSR count). The second-order valence-electron chi connectivity index (χ2n) is 2.55. The topological polar surface area (TPSA) is 47.6 Å². The smallest absolute Gasteiger partial charge is 0.0916 e. The van der Waals surface area contributed by atoms with Crippen molar-refractivity contribution in [2.24, 2.45) is 10.7 Å². The molecule has 3 nitrogen and oxygen atoms in total. The molecule has 2 atom stereocenters. The summed E-state index contributed by atoms with van der Waals surface area (Å²) in [5.41, 5.74) is 5.48. The Hall–Kier alpha value is -0.410. The average Bonchev–Trinajstić information content (AvgIpc) is 2.05. The van der Waals surface area contributed by atoms with Gasteiger partial charge in [0.25, 0.3) is 0 Å². The van der Waals surface area contributed by atoms with Gasteiger partial charge in [-0.2, -0.15) is 0 Å². The van der Waals surface area contributed by atoms with Gasteiger partial charge >= 0.3 is 0 Å². The lowest BCUT2D eigenvalue weighted by Gasteiger charge is -2.20. The lowest BCUT2D eigenvalue weighted by molar-refractivity contribution is 0.0854. The molecule has 2 N–H and O–H groups in total. The van der Waals surface area contributed by atoms with E-state index in [9.17, 15) is 0 Å². The van der Waals surface area contributed by atoms with Crippen LogP contribution in [0.25, 0.3) is 0 Å². The van der Waals surface area contributed by atoms with E-state index >= 15 is 0 Å². The van der Waals surface area contributed by atoms with Gasteiger partial charge in [-0.25, -0.2) is 0 Å². The molecule has 0 aliphatic rings. The molecule has 0 saturated heterocycles. The highest BCUT2D eigenvalue weighted by Crippen LogP contribution is 2.07. The van der Waals surface area contributed by atoms with Crippen molar-refractivity contribution in [3.05, 3.63) is 0 Å². The van der Waals surface area contributed by atoms with Gasteiger partial charge in [0.05, 0.1) is 12.1 Å². The van der Waals surface area contributed by atoms with Gasteiger partial charge in [-0.05, 0) is 13.1 Å². The van der Waals surface area contributed by atoms with Crippen LogP contribution in [0.1, 0.15) is 19.8 Å². The highest BCUT2D eigenvalue weighted by molar-refractivity contribution is 5.24. The zero-order chi connectivity index (χ0) is 8.69. The maximum absolute atomic E-state index is 5.48. The van der Waals surface area contributed by atoms with Crippen molar-refractivity contribution in [2.45, 2.75) is 31.9 Å². The third kappa shape index (κ3) is 3.49. The molecule has 11 heavy (non-hydrogen) atoms. The fourth-order valence-electron chi connectivity index (χ4n) is 1.10. The van der Waals surface area contributed by atoms with E-state index < -0.39 is 0 Å². The molecule has 0 aliphatic carbocycles. The summed E-state index contributed by atoms with van der Waals surface area (Å²) in [4.78, 5) is 3.96. The fraction of sp³-hybridized carbons (Fsp3) is 0.875. The molecule has 0 aromatic rings. The Morgan fingerprint density at radius 2 is 2.27 bits per heavy atom. The number of rotatable bonds is 6. The van der Waals surface area contributed by atoms with Gasteiger partial charge in [0, 0.05) is 13.7 Å². The van der Waals surface area contributed by atoms with Crippen LogP contribution >= 0.6 is 0 Å². The van der Waals surface area contributed by atoms with E-state index in [2.05, 4.69) is 18.6 Å². The van der Waals surface area contributed by atoms with Crippen LogP contribution in [0.5, 0.6) is 0 Å². The first-order valence-corrected chi connectivity index (χ1v) is 3.98. The lowest BCUT2D eigenvalue weighted by atomic mass is 10.1. The zero-order valence-electron chi connectivity index (χ0n) is 7.42.